The predicted molar refractivity (Wildman–Crippen MR) is 64.8 cm³/mol. The summed E-state index contributed by atoms with van der Waals surface area (Å²) in [5, 5.41) is 0. The Kier molecular flexibility index (Phi) is 3.55. The molecule has 4 nitrogen and oxygen atoms in total. The molecule has 0 heterocycles. The van der Waals surface area contributed by atoms with Gasteiger partial charge in [0.05, 0.1) is 7.11 Å². The highest BCUT2D eigenvalue weighted by Crippen LogP contribution is 2.52. The standard InChI is InChI=1S/C14H20O4/c1-14-8-7-11(15)9(3-6-13(17)18-2)10(14)4-5-12(14)16/h9-10H,3-8H2,1-2H3/t9?,10-,14-/m0/s1. The van der Waals surface area contributed by atoms with Gasteiger partial charge in [0, 0.05) is 30.6 Å². The molecule has 0 amide bonds. The van der Waals surface area contributed by atoms with Crippen molar-refractivity contribution in [1.82, 2.24) is 0 Å². The van der Waals surface area contributed by atoms with E-state index in [1.54, 1.807) is 0 Å². The van der Waals surface area contributed by atoms with Crippen LogP contribution in [-0.2, 0) is 19.1 Å². The van der Waals surface area contributed by atoms with Gasteiger partial charge < -0.3 is 4.74 Å². The van der Waals surface area contributed by atoms with Gasteiger partial charge in [0.2, 0.25) is 0 Å². The zero-order valence-electron chi connectivity index (χ0n) is 11.0. The van der Waals surface area contributed by atoms with Crippen LogP contribution in [0.5, 0.6) is 0 Å². The average molecular weight is 252 g/mol. The fourth-order valence-corrected chi connectivity index (χ4v) is 3.60. The predicted octanol–water partition coefficient (Wildman–Crippen LogP) is 1.90. The molecule has 4 heteroatoms. The number of hydrogen-bond donors (Lipinski definition) is 0. The molecule has 2 saturated carbocycles. The molecule has 0 aliphatic heterocycles. The fourth-order valence-electron chi connectivity index (χ4n) is 3.60. The minimum atomic E-state index is -0.325. The third kappa shape index (κ3) is 2.08. The molecule has 18 heavy (non-hydrogen) atoms. The molecular weight excluding hydrogens is 232 g/mol. The first-order chi connectivity index (χ1) is 8.49. The van der Waals surface area contributed by atoms with Gasteiger partial charge >= 0.3 is 5.97 Å². The number of ketones is 2. The van der Waals surface area contributed by atoms with Crippen LogP contribution in [0.25, 0.3) is 0 Å². The lowest BCUT2D eigenvalue weighted by Crippen LogP contribution is -2.42. The first kappa shape index (κ1) is 13.2. The van der Waals surface area contributed by atoms with Gasteiger partial charge in [-0.15, -0.1) is 0 Å². The van der Waals surface area contributed by atoms with Crippen LogP contribution in [0.15, 0.2) is 0 Å². The average Bonchev–Trinajstić information content (AvgIpc) is 2.65. The van der Waals surface area contributed by atoms with Crippen LogP contribution in [0.3, 0.4) is 0 Å². The first-order valence-electron chi connectivity index (χ1n) is 6.62. The summed E-state index contributed by atoms with van der Waals surface area (Å²) in [6.07, 6.45) is 3.34. The summed E-state index contributed by atoms with van der Waals surface area (Å²) in [7, 11) is 1.36. The number of esters is 1. The van der Waals surface area contributed by atoms with Crippen molar-refractivity contribution < 1.29 is 19.1 Å². The summed E-state index contributed by atoms with van der Waals surface area (Å²) in [5.41, 5.74) is -0.325. The molecule has 3 atom stereocenters. The smallest absolute Gasteiger partial charge is 0.305 e. The summed E-state index contributed by atoms with van der Waals surface area (Å²) < 4.78 is 4.62. The molecule has 0 aromatic rings. The summed E-state index contributed by atoms with van der Waals surface area (Å²) in [6.45, 7) is 1.99. The van der Waals surface area contributed by atoms with E-state index in [2.05, 4.69) is 4.74 Å². The summed E-state index contributed by atoms with van der Waals surface area (Å²) in [5.74, 6) is 0.240. The minimum absolute atomic E-state index is 0.130. The maximum atomic E-state index is 12.0. The van der Waals surface area contributed by atoms with Gasteiger partial charge in [-0.3, -0.25) is 14.4 Å². The molecule has 0 saturated heterocycles. The summed E-state index contributed by atoms with van der Waals surface area (Å²) >= 11 is 0. The molecule has 0 aromatic heterocycles. The Morgan fingerprint density at radius 3 is 2.78 bits per heavy atom. The van der Waals surface area contributed by atoms with Gasteiger partial charge in [0.15, 0.2) is 0 Å². The van der Waals surface area contributed by atoms with Crippen LogP contribution in [-0.4, -0.2) is 24.6 Å². The summed E-state index contributed by atoms with van der Waals surface area (Å²) in [6, 6.07) is 0. The van der Waals surface area contributed by atoms with E-state index < -0.39 is 0 Å². The normalized spacial score (nSPS) is 35.4. The molecule has 2 rings (SSSR count). The van der Waals surface area contributed by atoms with Crippen LogP contribution in [0.4, 0.5) is 0 Å². The minimum Gasteiger partial charge on any atom is -0.469 e. The Morgan fingerprint density at radius 1 is 1.39 bits per heavy atom. The molecule has 1 unspecified atom stereocenters. The largest absolute Gasteiger partial charge is 0.469 e. The lowest BCUT2D eigenvalue weighted by Gasteiger charge is -2.39. The zero-order valence-corrected chi connectivity index (χ0v) is 11.0. The lowest BCUT2D eigenvalue weighted by atomic mass is 9.62. The molecule has 0 spiro atoms. The van der Waals surface area contributed by atoms with E-state index in [1.165, 1.54) is 7.11 Å². The number of fused-ring (bicyclic) bond motifs is 1. The van der Waals surface area contributed by atoms with E-state index in [9.17, 15) is 14.4 Å². The van der Waals surface area contributed by atoms with Crippen LogP contribution < -0.4 is 0 Å². The second kappa shape index (κ2) is 4.82. The number of ether oxygens (including phenoxy) is 1. The third-order valence-corrected chi connectivity index (χ3v) is 4.81. The van der Waals surface area contributed by atoms with Crippen molar-refractivity contribution in [3.63, 3.8) is 0 Å². The molecule has 0 radical (unpaired) electrons. The molecule has 100 valence electrons. The van der Waals surface area contributed by atoms with Gasteiger partial charge in [0.25, 0.3) is 0 Å². The molecule has 2 fully saturated rings. The molecular formula is C14H20O4. The van der Waals surface area contributed by atoms with Crippen LogP contribution in [0.1, 0.15) is 45.4 Å². The van der Waals surface area contributed by atoms with Crippen LogP contribution >= 0.6 is 0 Å². The maximum Gasteiger partial charge on any atom is 0.305 e. The Hall–Kier alpha value is -1.19. The third-order valence-electron chi connectivity index (χ3n) is 4.81. The second-order valence-corrected chi connectivity index (χ2v) is 5.67. The number of hydrogen-bond acceptors (Lipinski definition) is 4. The van der Waals surface area contributed by atoms with E-state index in [0.717, 1.165) is 6.42 Å². The van der Waals surface area contributed by atoms with Crippen molar-refractivity contribution in [3.05, 3.63) is 0 Å². The van der Waals surface area contributed by atoms with E-state index >= 15 is 0 Å². The lowest BCUT2D eigenvalue weighted by molar-refractivity contribution is -0.142. The Morgan fingerprint density at radius 2 is 2.11 bits per heavy atom. The van der Waals surface area contributed by atoms with E-state index in [4.69, 9.17) is 0 Å². The highest BCUT2D eigenvalue weighted by atomic mass is 16.5. The SMILES string of the molecule is COC(=O)CCC1C(=O)CC[C@]2(C)C(=O)CC[C@@H]12. The highest BCUT2D eigenvalue weighted by molar-refractivity contribution is 5.92. The Labute approximate surface area is 107 Å². The van der Waals surface area contributed by atoms with Gasteiger partial charge in [-0.1, -0.05) is 6.92 Å². The van der Waals surface area contributed by atoms with Crippen molar-refractivity contribution in [2.24, 2.45) is 17.3 Å². The van der Waals surface area contributed by atoms with Crippen LogP contribution in [0.2, 0.25) is 0 Å². The Balaban J connectivity index is 2.10. The van der Waals surface area contributed by atoms with Crippen molar-refractivity contribution >= 4 is 17.5 Å². The zero-order chi connectivity index (χ0) is 13.3. The molecule has 0 N–H and O–H groups in total. The van der Waals surface area contributed by atoms with Gasteiger partial charge in [-0.25, -0.2) is 0 Å². The molecule has 0 bridgehead atoms. The van der Waals surface area contributed by atoms with Gasteiger partial charge in [-0.2, -0.15) is 0 Å². The molecule has 0 aromatic carbocycles. The monoisotopic (exact) mass is 252 g/mol. The number of rotatable bonds is 3. The van der Waals surface area contributed by atoms with Crippen molar-refractivity contribution in [2.75, 3.05) is 7.11 Å². The quantitative estimate of drug-likeness (QED) is 0.720. The van der Waals surface area contributed by atoms with E-state index in [0.29, 0.717) is 31.5 Å². The highest BCUT2D eigenvalue weighted by Gasteiger charge is 2.53. The number of carbonyl (C=O) groups excluding carboxylic acids is 3. The van der Waals surface area contributed by atoms with Crippen molar-refractivity contribution in [1.29, 1.82) is 0 Å². The van der Waals surface area contributed by atoms with E-state index in [-0.39, 0.29) is 35.4 Å². The number of methoxy groups -OCH3 is 1. The topological polar surface area (TPSA) is 60.4 Å². The van der Waals surface area contributed by atoms with E-state index in [1.807, 2.05) is 6.92 Å². The Bertz CT molecular complexity index is 387. The maximum absolute atomic E-state index is 12.0. The number of carbonyl (C=O) groups is 3. The second-order valence-electron chi connectivity index (χ2n) is 5.67. The fraction of sp³-hybridized carbons (Fsp3) is 0.786. The molecule has 2 aliphatic rings. The van der Waals surface area contributed by atoms with Crippen molar-refractivity contribution in [2.45, 2.75) is 45.4 Å². The summed E-state index contributed by atoms with van der Waals surface area (Å²) in [4.78, 5) is 35.2. The van der Waals surface area contributed by atoms with Crippen LogP contribution in [0, 0.1) is 17.3 Å². The number of Topliss-reactive ketones (excluding diaryl/α,β-unsaturated/α-hetero) is 2. The van der Waals surface area contributed by atoms with Crippen molar-refractivity contribution in [3.8, 4) is 0 Å². The first-order valence-corrected chi connectivity index (χ1v) is 6.62. The van der Waals surface area contributed by atoms with Gasteiger partial charge in [0.1, 0.15) is 11.6 Å². The van der Waals surface area contributed by atoms with Gasteiger partial charge in [-0.05, 0) is 25.2 Å². The molecule has 2 aliphatic carbocycles.